The fraction of sp³-hybridized carbons (Fsp3) is 0.100. The third-order valence-electron chi connectivity index (χ3n) is 1.75. The Morgan fingerprint density at radius 2 is 1.93 bits per heavy atom. The van der Waals surface area contributed by atoms with Crippen LogP contribution in [0.25, 0.3) is 6.08 Å². The van der Waals surface area contributed by atoms with Crippen molar-refractivity contribution in [2.45, 2.75) is 4.90 Å². The minimum atomic E-state index is -3.28. The summed E-state index contributed by atoms with van der Waals surface area (Å²) < 4.78 is 22.7. The van der Waals surface area contributed by atoms with E-state index in [0.29, 0.717) is 5.56 Å². The third-order valence-corrected chi connectivity index (χ3v) is 2.92. The lowest BCUT2D eigenvalue weighted by Crippen LogP contribution is -2.05. The van der Waals surface area contributed by atoms with Crippen molar-refractivity contribution in [2.24, 2.45) is 5.73 Å². The van der Waals surface area contributed by atoms with Crippen LogP contribution in [0.1, 0.15) is 5.56 Å². The van der Waals surface area contributed by atoms with Gasteiger partial charge in [-0.25, -0.2) is 8.42 Å². The summed E-state index contributed by atoms with van der Waals surface area (Å²) in [6.07, 6.45) is 3.63. The minimum Gasteiger partial charge on any atom is -0.366 e. The molecule has 0 radical (unpaired) electrons. The van der Waals surface area contributed by atoms with Gasteiger partial charge < -0.3 is 5.73 Å². The average molecular weight is 225 g/mol. The molecule has 1 rings (SSSR count). The van der Waals surface area contributed by atoms with E-state index in [1.165, 1.54) is 12.1 Å². The Morgan fingerprint density at radius 3 is 2.47 bits per heavy atom. The molecule has 4 nitrogen and oxygen atoms in total. The van der Waals surface area contributed by atoms with Crippen LogP contribution in [-0.4, -0.2) is 20.6 Å². The largest absolute Gasteiger partial charge is 0.366 e. The quantitative estimate of drug-likeness (QED) is 0.765. The van der Waals surface area contributed by atoms with Gasteiger partial charge in [0.25, 0.3) is 0 Å². The third kappa shape index (κ3) is 3.21. The van der Waals surface area contributed by atoms with Gasteiger partial charge in [-0.2, -0.15) is 0 Å². The number of sulfone groups is 1. The first-order chi connectivity index (χ1) is 6.91. The van der Waals surface area contributed by atoms with Gasteiger partial charge in [-0.15, -0.1) is 0 Å². The SMILES string of the molecule is CS(=O)(=O)c1ccccc1C=CC(N)=O. The molecule has 0 aliphatic rings. The maximum atomic E-state index is 11.3. The normalized spacial score (nSPS) is 11.8. The van der Waals surface area contributed by atoms with Crippen LogP contribution >= 0.6 is 0 Å². The lowest BCUT2D eigenvalue weighted by molar-refractivity contribution is -0.113. The molecule has 5 heteroatoms. The molecule has 15 heavy (non-hydrogen) atoms. The van der Waals surface area contributed by atoms with Crippen LogP contribution in [0, 0.1) is 0 Å². The second-order valence-electron chi connectivity index (χ2n) is 3.05. The summed E-state index contributed by atoms with van der Waals surface area (Å²) in [7, 11) is -3.28. The molecule has 0 aliphatic heterocycles. The molecule has 0 atom stereocenters. The van der Waals surface area contributed by atoms with Crippen LogP contribution in [0.15, 0.2) is 35.2 Å². The molecular weight excluding hydrogens is 214 g/mol. The fourth-order valence-electron chi connectivity index (χ4n) is 1.13. The van der Waals surface area contributed by atoms with Gasteiger partial charge in [0.15, 0.2) is 9.84 Å². The van der Waals surface area contributed by atoms with Gasteiger partial charge >= 0.3 is 0 Å². The van der Waals surface area contributed by atoms with Gasteiger partial charge in [0.1, 0.15) is 0 Å². The van der Waals surface area contributed by atoms with Gasteiger partial charge in [-0.1, -0.05) is 18.2 Å². The Labute approximate surface area is 88.3 Å². The van der Waals surface area contributed by atoms with Crippen molar-refractivity contribution in [1.82, 2.24) is 0 Å². The predicted molar refractivity (Wildman–Crippen MR) is 57.8 cm³/mol. The average Bonchev–Trinajstić information content (AvgIpc) is 2.13. The monoisotopic (exact) mass is 225 g/mol. The highest BCUT2D eigenvalue weighted by molar-refractivity contribution is 7.90. The highest BCUT2D eigenvalue weighted by Gasteiger charge is 2.09. The molecule has 2 N–H and O–H groups in total. The van der Waals surface area contributed by atoms with E-state index >= 15 is 0 Å². The molecule has 0 spiro atoms. The summed E-state index contributed by atoms with van der Waals surface area (Å²) >= 11 is 0. The number of primary amides is 1. The van der Waals surface area contributed by atoms with Crippen molar-refractivity contribution >= 4 is 21.8 Å². The number of hydrogen-bond donors (Lipinski definition) is 1. The second-order valence-corrected chi connectivity index (χ2v) is 5.03. The molecule has 0 saturated heterocycles. The molecule has 0 bridgehead atoms. The Kier molecular flexibility index (Phi) is 3.26. The topological polar surface area (TPSA) is 77.2 Å². The zero-order chi connectivity index (χ0) is 11.5. The van der Waals surface area contributed by atoms with E-state index in [2.05, 4.69) is 0 Å². The Morgan fingerprint density at radius 1 is 1.33 bits per heavy atom. The lowest BCUT2D eigenvalue weighted by Gasteiger charge is -2.02. The smallest absolute Gasteiger partial charge is 0.241 e. The second kappa shape index (κ2) is 4.27. The van der Waals surface area contributed by atoms with Crippen LogP contribution in [0.3, 0.4) is 0 Å². The molecule has 0 heterocycles. The van der Waals surface area contributed by atoms with Crippen molar-refractivity contribution in [3.63, 3.8) is 0 Å². The number of benzene rings is 1. The predicted octanol–water partition coefficient (Wildman–Crippen LogP) is 0.589. The van der Waals surface area contributed by atoms with Gasteiger partial charge in [-0.3, -0.25) is 4.79 Å². The van der Waals surface area contributed by atoms with Gasteiger partial charge in [0.2, 0.25) is 5.91 Å². The summed E-state index contributed by atoms with van der Waals surface area (Å²) in [4.78, 5) is 10.7. The van der Waals surface area contributed by atoms with Crippen molar-refractivity contribution in [1.29, 1.82) is 0 Å². The Bertz CT molecular complexity index is 503. The van der Waals surface area contributed by atoms with Crippen LogP contribution in [0.4, 0.5) is 0 Å². The molecule has 0 saturated carbocycles. The van der Waals surface area contributed by atoms with E-state index in [9.17, 15) is 13.2 Å². The zero-order valence-corrected chi connectivity index (χ0v) is 8.99. The molecule has 0 fully saturated rings. The number of hydrogen-bond acceptors (Lipinski definition) is 3. The number of nitrogens with two attached hydrogens (primary N) is 1. The lowest BCUT2D eigenvalue weighted by atomic mass is 10.2. The van der Waals surface area contributed by atoms with E-state index < -0.39 is 15.7 Å². The van der Waals surface area contributed by atoms with Crippen molar-refractivity contribution in [2.75, 3.05) is 6.26 Å². The van der Waals surface area contributed by atoms with Gasteiger partial charge in [-0.05, 0) is 17.7 Å². The van der Waals surface area contributed by atoms with E-state index in [1.54, 1.807) is 18.2 Å². The summed E-state index contributed by atoms with van der Waals surface area (Å²) in [6, 6.07) is 6.40. The summed E-state index contributed by atoms with van der Waals surface area (Å²) in [5.74, 6) is -0.613. The maximum Gasteiger partial charge on any atom is 0.241 e. The highest BCUT2D eigenvalue weighted by Crippen LogP contribution is 2.16. The Hall–Kier alpha value is -1.62. The summed E-state index contributed by atoms with van der Waals surface area (Å²) in [5, 5.41) is 0. The van der Waals surface area contributed by atoms with E-state index in [4.69, 9.17) is 5.73 Å². The molecule has 1 amide bonds. The minimum absolute atomic E-state index is 0.183. The number of rotatable bonds is 3. The Balaban J connectivity index is 3.25. The number of amides is 1. The van der Waals surface area contributed by atoms with Crippen LogP contribution in [0.5, 0.6) is 0 Å². The van der Waals surface area contributed by atoms with E-state index in [-0.39, 0.29) is 4.90 Å². The van der Waals surface area contributed by atoms with E-state index in [1.807, 2.05) is 0 Å². The number of carbonyl (C=O) groups is 1. The molecule has 1 aromatic carbocycles. The molecular formula is C10H11NO3S. The first kappa shape index (κ1) is 11.5. The summed E-state index contributed by atoms with van der Waals surface area (Å²) in [5.41, 5.74) is 5.38. The van der Waals surface area contributed by atoms with Crippen molar-refractivity contribution < 1.29 is 13.2 Å². The summed E-state index contributed by atoms with van der Waals surface area (Å²) in [6.45, 7) is 0. The van der Waals surface area contributed by atoms with E-state index in [0.717, 1.165) is 12.3 Å². The molecule has 0 unspecified atom stereocenters. The standard InChI is InChI=1S/C10H11NO3S/c1-15(13,14)9-5-3-2-4-8(9)6-7-10(11)12/h2-7H,1H3,(H2,11,12). The first-order valence-corrected chi connectivity index (χ1v) is 6.07. The molecule has 0 aromatic heterocycles. The zero-order valence-electron chi connectivity index (χ0n) is 8.17. The number of carbonyl (C=O) groups excluding carboxylic acids is 1. The van der Waals surface area contributed by atoms with Crippen molar-refractivity contribution in [3.05, 3.63) is 35.9 Å². The fourth-order valence-corrected chi connectivity index (χ4v) is 2.02. The molecule has 0 aliphatic carbocycles. The van der Waals surface area contributed by atoms with Crippen LogP contribution in [0.2, 0.25) is 0 Å². The first-order valence-electron chi connectivity index (χ1n) is 4.18. The molecule has 1 aromatic rings. The molecule has 80 valence electrons. The van der Waals surface area contributed by atoms with Crippen LogP contribution in [-0.2, 0) is 14.6 Å². The van der Waals surface area contributed by atoms with Crippen molar-refractivity contribution in [3.8, 4) is 0 Å². The van der Waals surface area contributed by atoms with Gasteiger partial charge in [0.05, 0.1) is 4.90 Å². The maximum absolute atomic E-state index is 11.3. The highest BCUT2D eigenvalue weighted by atomic mass is 32.2. The van der Waals surface area contributed by atoms with Gasteiger partial charge in [0, 0.05) is 12.3 Å². The van der Waals surface area contributed by atoms with Crippen LogP contribution < -0.4 is 5.73 Å².